The maximum Gasteiger partial charge on any atom is 0.0834 e. The lowest BCUT2D eigenvalue weighted by atomic mass is 10.3. The summed E-state index contributed by atoms with van der Waals surface area (Å²) in [7, 11) is 0. The van der Waals surface area contributed by atoms with Gasteiger partial charge in [-0.2, -0.15) is 0 Å². The molecule has 0 amide bonds. The molecular formula is C4H6INS. The second-order valence-electron chi connectivity index (χ2n) is 1.55. The molecule has 7 heavy (non-hydrogen) atoms. The van der Waals surface area contributed by atoms with Crippen molar-refractivity contribution >= 4 is 40.3 Å². The van der Waals surface area contributed by atoms with Gasteiger partial charge >= 0.3 is 0 Å². The standard InChI is InChI=1S/C4H6INS/c1-3-2-4(5)7-6-3/h4H,2H2,1H3. The number of hydrogen-bond donors (Lipinski definition) is 0. The molecule has 1 unspecified atom stereocenters. The van der Waals surface area contributed by atoms with Crippen LogP contribution in [0.2, 0.25) is 0 Å². The van der Waals surface area contributed by atoms with Crippen molar-refractivity contribution in [2.45, 2.75) is 16.6 Å². The fourth-order valence-corrected chi connectivity index (χ4v) is 2.12. The van der Waals surface area contributed by atoms with Gasteiger partial charge in [0, 0.05) is 12.1 Å². The molecule has 1 atom stereocenters. The number of alkyl halides is 1. The van der Waals surface area contributed by atoms with E-state index in [4.69, 9.17) is 0 Å². The highest BCUT2D eigenvalue weighted by molar-refractivity contribution is 14.1. The van der Waals surface area contributed by atoms with Crippen molar-refractivity contribution in [1.29, 1.82) is 0 Å². The van der Waals surface area contributed by atoms with Crippen LogP contribution in [0.3, 0.4) is 0 Å². The smallest absolute Gasteiger partial charge is 0.0834 e. The molecule has 0 aromatic rings. The predicted octanol–water partition coefficient (Wildman–Crippen LogP) is 2.26. The fraction of sp³-hybridized carbons (Fsp3) is 0.750. The van der Waals surface area contributed by atoms with Gasteiger partial charge in [-0.05, 0) is 18.9 Å². The van der Waals surface area contributed by atoms with Crippen LogP contribution >= 0.6 is 34.5 Å². The monoisotopic (exact) mass is 227 g/mol. The Balaban J connectivity index is 2.42. The van der Waals surface area contributed by atoms with Crippen LogP contribution in [0.5, 0.6) is 0 Å². The summed E-state index contributed by atoms with van der Waals surface area (Å²) in [5.41, 5.74) is 1.28. The van der Waals surface area contributed by atoms with Gasteiger partial charge in [0.1, 0.15) is 0 Å². The third kappa shape index (κ3) is 1.60. The normalized spacial score (nSPS) is 30.6. The fourth-order valence-electron chi connectivity index (χ4n) is 0.454. The molecule has 0 aliphatic carbocycles. The van der Waals surface area contributed by atoms with Crippen LogP contribution in [0.4, 0.5) is 0 Å². The molecule has 1 nitrogen and oxygen atoms in total. The SMILES string of the molecule is CC1=NSC(I)C1. The van der Waals surface area contributed by atoms with Crippen molar-refractivity contribution in [1.82, 2.24) is 0 Å². The Kier molecular flexibility index (Phi) is 1.97. The van der Waals surface area contributed by atoms with Gasteiger partial charge in [-0.3, -0.25) is 0 Å². The summed E-state index contributed by atoms with van der Waals surface area (Å²) < 4.78 is 4.85. The van der Waals surface area contributed by atoms with E-state index in [9.17, 15) is 0 Å². The average molecular weight is 227 g/mol. The molecule has 0 radical (unpaired) electrons. The molecule has 40 valence electrons. The second kappa shape index (κ2) is 2.35. The summed E-state index contributed by atoms with van der Waals surface area (Å²) in [6.45, 7) is 2.08. The molecule has 0 fully saturated rings. The zero-order chi connectivity index (χ0) is 5.28. The summed E-state index contributed by atoms with van der Waals surface area (Å²) >= 11 is 4.08. The van der Waals surface area contributed by atoms with E-state index in [0.717, 1.165) is 0 Å². The maximum absolute atomic E-state index is 4.14. The molecule has 0 saturated heterocycles. The van der Waals surface area contributed by atoms with Crippen molar-refractivity contribution in [2.75, 3.05) is 0 Å². The first-order valence-electron chi connectivity index (χ1n) is 2.12. The molecule has 1 aliphatic heterocycles. The predicted molar refractivity (Wildman–Crippen MR) is 43.1 cm³/mol. The van der Waals surface area contributed by atoms with Gasteiger partial charge in [-0.25, -0.2) is 4.40 Å². The van der Waals surface area contributed by atoms with E-state index >= 15 is 0 Å². The Morgan fingerprint density at radius 2 is 2.71 bits per heavy atom. The molecule has 3 heteroatoms. The van der Waals surface area contributed by atoms with Crippen molar-refractivity contribution in [3.63, 3.8) is 0 Å². The minimum atomic E-state index is 0.706. The zero-order valence-corrected chi connectivity index (χ0v) is 6.99. The molecule has 0 aromatic carbocycles. The van der Waals surface area contributed by atoms with E-state index in [0.29, 0.717) is 3.26 Å². The van der Waals surface area contributed by atoms with Crippen molar-refractivity contribution in [3.8, 4) is 0 Å². The molecule has 0 N–H and O–H groups in total. The third-order valence-electron chi connectivity index (χ3n) is 0.779. The molecule has 0 spiro atoms. The molecular weight excluding hydrogens is 221 g/mol. The second-order valence-corrected chi connectivity index (χ2v) is 4.86. The molecule has 0 aromatic heterocycles. The zero-order valence-electron chi connectivity index (χ0n) is 4.02. The Labute approximate surface area is 61.2 Å². The summed E-state index contributed by atoms with van der Waals surface area (Å²) in [5.74, 6) is 0. The summed E-state index contributed by atoms with van der Waals surface area (Å²) in [6, 6.07) is 0. The van der Waals surface area contributed by atoms with Crippen LogP contribution < -0.4 is 0 Å². The molecule has 1 rings (SSSR count). The highest BCUT2D eigenvalue weighted by Gasteiger charge is 2.11. The molecule has 0 bridgehead atoms. The lowest BCUT2D eigenvalue weighted by Gasteiger charge is -1.88. The van der Waals surface area contributed by atoms with Gasteiger partial charge in [0.15, 0.2) is 0 Å². The van der Waals surface area contributed by atoms with Gasteiger partial charge in [0.25, 0.3) is 0 Å². The van der Waals surface area contributed by atoms with Gasteiger partial charge < -0.3 is 0 Å². The Bertz CT molecular complexity index is 102. The quantitative estimate of drug-likeness (QED) is 0.351. The Morgan fingerprint density at radius 1 is 2.00 bits per heavy atom. The minimum Gasteiger partial charge on any atom is -0.225 e. The van der Waals surface area contributed by atoms with Crippen LogP contribution in [0.25, 0.3) is 0 Å². The van der Waals surface area contributed by atoms with Crippen LogP contribution in [0.1, 0.15) is 13.3 Å². The van der Waals surface area contributed by atoms with Crippen LogP contribution in [-0.2, 0) is 0 Å². The van der Waals surface area contributed by atoms with Crippen LogP contribution in [0.15, 0.2) is 4.40 Å². The summed E-state index contributed by atoms with van der Waals surface area (Å²) in [4.78, 5) is 0. The number of nitrogens with zero attached hydrogens (tertiary/aromatic N) is 1. The number of rotatable bonds is 0. The highest BCUT2D eigenvalue weighted by atomic mass is 127. The molecule has 1 heterocycles. The number of hydrogen-bond acceptors (Lipinski definition) is 2. The topological polar surface area (TPSA) is 12.4 Å². The average Bonchev–Trinajstić information content (AvgIpc) is 1.87. The number of halogens is 1. The Hall–Kier alpha value is 0.750. The van der Waals surface area contributed by atoms with E-state index in [1.807, 2.05) is 0 Å². The largest absolute Gasteiger partial charge is 0.225 e. The van der Waals surface area contributed by atoms with Crippen LogP contribution in [-0.4, -0.2) is 8.97 Å². The van der Waals surface area contributed by atoms with Gasteiger partial charge in [0.2, 0.25) is 0 Å². The van der Waals surface area contributed by atoms with Gasteiger partial charge in [-0.15, -0.1) is 0 Å². The van der Waals surface area contributed by atoms with Crippen LogP contribution in [0, 0.1) is 0 Å². The van der Waals surface area contributed by atoms with E-state index in [2.05, 4.69) is 33.9 Å². The van der Waals surface area contributed by atoms with E-state index < -0.39 is 0 Å². The first-order valence-corrected chi connectivity index (χ1v) is 4.20. The van der Waals surface area contributed by atoms with E-state index in [1.165, 1.54) is 12.1 Å². The minimum absolute atomic E-state index is 0.706. The van der Waals surface area contributed by atoms with Gasteiger partial charge in [0.05, 0.1) is 3.26 Å². The maximum atomic E-state index is 4.14. The Morgan fingerprint density at radius 3 is 2.86 bits per heavy atom. The summed E-state index contributed by atoms with van der Waals surface area (Å²) in [6.07, 6.45) is 1.17. The lowest BCUT2D eigenvalue weighted by molar-refractivity contribution is 1.30. The molecule has 0 saturated carbocycles. The van der Waals surface area contributed by atoms with Crippen molar-refractivity contribution in [3.05, 3.63) is 0 Å². The summed E-state index contributed by atoms with van der Waals surface area (Å²) in [5, 5.41) is 0. The highest BCUT2D eigenvalue weighted by Crippen LogP contribution is 2.29. The third-order valence-corrected chi connectivity index (χ3v) is 2.71. The molecule has 1 aliphatic rings. The van der Waals surface area contributed by atoms with Crippen molar-refractivity contribution in [2.24, 2.45) is 4.40 Å². The van der Waals surface area contributed by atoms with E-state index in [-0.39, 0.29) is 0 Å². The van der Waals surface area contributed by atoms with Gasteiger partial charge in [-0.1, -0.05) is 22.6 Å². The first-order chi connectivity index (χ1) is 3.29. The first kappa shape index (κ1) is 5.88. The van der Waals surface area contributed by atoms with E-state index in [1.54, 1.807) is 11.9 Å². The lowest BCUT2D eigenvalue weighted by Crippen LogP contribution is -1.88. The van der Waals surface area contributed by atoms with Crippen molar-refractivity contribution < 1.29 is 0 Å².